The number of nitrogens with zero attached hydrogens (tertiary/aromatic N) is 4. The second-order valence-corrected chi connectivity index (χ2v) is 8.80. The largest absolute Gasteiger partial charge is 0.345 e. The fraction of sp³-hybridized carbons (Fsp3) is 0.125. The van der Waals surface area contributed by atoms with Crippen LogP contribution in [-0.2, 0) is 12.3 Å². The highest BCUT2D eigenvalue weighted by Crippen LogP contribution is 2.28. The van der Waals surface area contributed by atoms with Crippen molar-refractivity contribution >= 4 is 35.0 Å². The first-order valence-corrected chi connectivity index (χ1v) is 11.7. The van der Waals surface area contributed by atoms with Crippen molar-refractivity contribution in [2.24, 2.45) is 0 Å². The van der Waals surface area contributed by atoms with Crippen molar-refractivity contribution in [3.8, 4) is 5.69 Å². The molecule has 0 fully saturated rings. The third-order valence-corrected chi connectivity index (χ3v) is 6.31. The average molecular weight is 494 g/mol. The molecule has 0 spiro atoms. The van der Waals surface area contributed by atoms with E-state index in [1.54, 1.807) is 0 Å². The van der Waals surface area contributed by atoms with E-state index in [2.05, 4.69) is 15.5 Å². The van der Waals surface area contributed by atoms with E-state index in [1.807, 2.05) is 60.0 Å². The molecule has 0 aliphatic heterocycles. The highest BCUT2D eigenvalue weighted by molar-refractivity contribution is 7.98. The van der Waals surface area contributed by atoms with Crippen LogP contribution in [0, 0.1) is 17.0 Å². The number of hydrogen-bond donors (Lipinski definition) is 1. The summed E-state index contributed by atoms with van der Waals surface area (Å²) in [5.74, 6) is 0.871. The highest BCUT2D eigenvalue weighted by Gasteiger charge is 2.18. The monoisotopic (exact) mass is 493 g/mol. The van der Waals surface area contributed by atoms with Gasteiger partial charge in [0.1, 0.15) is 0 Å². The molecule has 1 amide bonds. The molecule has 0 saturated heterocycles. The van der Waals surface area contributed by atoms with Crippen LogP contribution in [0.1, 0.15) is 27.3 Å². The van der Waals surface area contributed by atoms with Crippen LogP contribution in [0.15, 0.2) is 78.0 Å². The van der Waals surface area contributed by atoms with Gasteiger partial charge in [-0.3, -0.25) is 19.5 Å². The standard InChI is InChI=1S/C24H20ClN5O3S/c1-16-7-10-19(25)13-21(16)29-22(27-28-24(29)34-15-17-5-3-2-4-6-17)14-26-23(31)18-8-11-20(12-9-18)30(32)33/h2-13H,14-15H2,1H3,(H,26,31). The molecule has 0 unspecified atom stereocenters. The van der Waals surface area contributed by atoms with E-state index in [1.165, 1.54) is 36.0 Å². The van der Waals surface area contributed by atoms with Gasteiger partial charge >= 0.3 is 0 Å². The van der Waals surface area contributed by atoms with E-state index in [4.69, 9.17) is 11.6 Å². The smallest absolute Gasteiger partial charge is 0.269 e. The number of benzene rings is 3. The van der Waals surface area contributed by atoms with Crippen molar-refractivity contribution in [3.63, 3.8) is 0 Å². The Morgan fingerprint density at radius 3 is 2.53 bits per heavy atom. The number of nitrogens with one attached hydrogen (secondary N) is 1. The summed E-state index contributed by atoms with van der Waals surface area (Å²) >= 11 is 7.81. The predicted molar refractivity (Wildman–Crippen MR) is 131 cm³/mol. The van der Waals surface area contributed by atoms with Gasteiger partial charge in [-0.25, -0.2) is 0 Å². The molecule has 0 aliphatic carbocycles. The molecule has 0 saturated carbocycles. The van der Waals surface area contributed by atoms with Gasteiger partial charge in [0.25, 0.3) is 11.6 Å². The lowest BCUT2D eigenvalue weighted by Crippen LogP contribution is -2.24. The lowest BCUT2D eigenvalue weighted by atomic mass is 10.2. The van der Waals surface area contributed by atoms with Crippen molar-refractivity contribution in [3.05, 3.63) is 110 Å². The van der Waals surface area contributed by atoms with Crippen molar-refractivity contribution in [2.75, 3.05) is 0 Å². The fourth-order valence-corrected chi connectivity index (χ4v) is 4.38. The molecule has 10 heteroatoms. The number of thioether (sulfide) groups is 1. The molecule has 4 rings (SSSR count). The minimum Gasteiger partial charge on any atom is -0.345 e. The summed E-state index contributed by atoms with van der Waals surface area (Å²) < 4.78 is 1.89. The van der Waals surface area contributed by atoms with E-state index < -0.39 is 4.92 Å². The number of hydrogen-bond acceptors (Lipinski definition) is 6. The molecular formula is C24H20ClN5O3S. The zero-order valence-electron chi connectivity index (χ0n) is 18.1. The number of carbonyl (C=O) groups is 1. The second kappa shape index (κ2) is 10.5. The van der Waals surface area contributed by atoms with E-state index in [-0.39, 0.29) is 18.1 Å². The Balaban J connectivity index is 1.58. The Bertz CT molecular complexity index is 1330. The quantitative estimate of drug-likeness (QED) is 0.201. The lowest BCUT2D eigenvalue weighted by molar-refractivity contribution is -0.384. The Kier molecular flexibility index (Phi) is 7.24. The maximum absolute atomic E-state index is 12.6. The third-order valence-electron chi connectivity index (χ3n) is 5.07. The van der Waals surface area contributed by atoms with Gasteiger partial charge in [-0.1, -0.05) is 59.8 Å². The van der Waals surface area contributed by atoms with E-state index in [9.17, 15) is 14.9 Å². The van der Waals surface area contributed by atoms with E-state index in [0.717, 1.165) is 16.8 Å². The Morgan fingerprint density at radius 2 is 1.82 bits per heavy atom. The number of aromatic nitrogens is 3. The van der Waals surface area contributed by atoms with Gasteiger partial charge in [-0.15, -0.1) is 10.2 Å². The molecule has 0 atom stereocenters. The zero-order valence-corrected chi connectivity index (χ0v) is 19.7. The lowest BCUT2D eigenvalue weighted by Gasteiger charge is -2.14. The van der Waals surface area contributed by atoms with Crippen LogP contribution in [0.5, 0.6) is 0 Å². The molecule has 0 aliphatic rings. The summed E-state index contributed by atoms with van der Waals surface area (Å²) in [5.41, 5.74) is 3.20. The summed E-state index contributed by atoms with van der Waals surface area (Å²) in [6.07, 6.45) is 0. The molecule has 34 heavy (non-hydrogen) atoms. The number of nitro benzene ring substituents is 1. The Labute approximate surface area is 205 Å². The van der Waals surface area contributed by atoms with Crippen LogP contribution in [0.25, 0.3) is 5.69 Å². The number of carbonyl (C=O) groups excluding carboxylic acids is 1. The molecule has 8 nitrogen and oxygen atoms in total. The number of non-ortho nitro benzene ring substituents is 1. The number of aryl methyl sites for hydroxylation is 1. The van der Waals surface area contributed by atoms with Crippen molar-refractivity contribution in [1.82, 2.24) is 20.1 Å². The summed E-state index contributed by atoms with van der Waals surface area (Å²) in [6.45, 7) is 2.08. The molecule has 0 bridgehead atoms. The topological polar surface area (TPSA) is 103 Å². The van der Waals surface area contributed by atoms with Crippen LogP contribution in [0.2, 0.25) is 5.02 Å². The Morgan fingerprint density at radius 1 is 1.09 bits per heavy atom. The summed E-state index contributed by atoms with van der Waals surface area (Å²) in [6, 6.07) is 21.0. The zero-order chi connectivity index (χ0) is 24.1. The maximum Gasteiger partial charge on any atom is 0.269 e. The van der Waals surface area contributed by atoms with Crippen LogP contribution >= 0.6 is 23.4 Å². The molecule has 1 heterocycles. The summed E-state index contributed by atoms with van der Waals surface area (Å²) in [7, 11) is 0. The minimum atomic E-state index is -0.508. The predicted octanol–water partition coefficient (Wildman–Crippen LogP) is 5.36. The molecule has 1 N–H and O–H groups in total. The molecule has 3 aromatic carbocycles. The Hall–Kier alpha value is -3.69. The van der Waals surface area contributed by atoms with Crippen LogP contribution < -0.4 is 5.32 Å². The van der Waals surface area contributed by atoms with E-state index >= 15 is 0 Å². The van der Waals surface area contributed by atoms with Crippen molar-refractivity contribution < 1.29 is 9.72 Å². The molecule has 172 valence electrons. The first-order chi connectivity index (χ1) is 16.4. The van der Waals surface area contributed by atoms with Gasteiger partial charge in [0, 0.05) is 28.5 Å². The average Bonchev–Trinajstić information content (AvgIpc) is 3.26. The van der Waals surface area contributed by atoms with Gasteiger partial charge in [-0.2, -0.15) is 0 Å². The molecule has 0 radical (unpaired) electrons. The van der Waals surface area contributed by atoms with Crippen LogP contribution in [-0.4, -0.2) is 25.6 Å². The number of rotatable bonds is 8. The van der Waals surface area contributed by atoms with Crippen LogP contribution in [0.3, 0.4) is 0 Å². The van der Waals surface area contributed by atoms with E-state index in [0.29, 0.717) is 27.3 Å². The number of amides is 1. The maximum atomic E-state index is 12.6. The SMILES string of the molecule is Cc1ccc(Cl)cc1-n1c(CNC(=O)c2ccc([N+](=O)[O-])cc2)nnc1SCc1ccccc1. The second-order valence-electron chi connectivity index (χ2n) is 7.43. The molecule has 1 aromatic heterocycles. The highest BCUT2D eigenvalue weighted by atomic mass is 35.5. The van der Waals surface area contributed by atoms with Gasteiger partial charge < -0.3 is 5.32 Å². The van der Waals surface area contributed by atoms with Gasteiger partial charge in [0.05, 0.1) is 17.2 Å². The molecular weight excluding hydrogens is 474 g/mol. The fourth-order valence-electron chi connectivity index (χ4n) is 3.29. The van der Waals surface area contributed by atoms with Gasteiger partial charge in [0.2, 0.25) is 0 Å². The van der Waals surface area contributed by atoms with Crippen LogP contribution in [0.4, 0.5) is 5.69 Å². The first-order valence-electron chi connectivity index (χ1n) is 10.3. The summed E-state index contributed by atoms with van der Waals surface area (Å²) in [4.78, 5) is 23.0. The van der Waals surface area contributed by atoms with Crippen molar-refractivity contribution in [2.45, 2.75) is 24.4 Å². The minimum absolute atomic E-state index is 0.0761. The molecule has 4 aromatic rings. The number of halogens is 1. The third kappa shape index (κ3) is 5.44. The van der Waals surface area contributed by atoms with Gasteiger partial charge in [0.15, 0.2) is 11.0 Å². The van der Waals surface area contributed by atoms with Gasteiger partial charge in [-0.05, 0) is 42.3 Å². The number of nitro groups is 1. The first kappa shape index (κ1) is 23.5. The summed E-state index contributed by atoms with van der Waals surface area (Å²) in [5, 5.41) is 23.6. The normalized spacial score (nSPS) is 10.8. The van der Waals surface area contributed by atoms with Crippen molar-refractivity contribution in [1.29, 1.82) is 0 Å².